The molecule has 1 amide bonds. The maximum Gasteiger partial charge on any atom is 0.254 e. The summed E-state index contributed by atoms with van der Waals surface area (Å²) in [6.07, 6.45) is 2.62. The standard InChI is InChI=1S/C14H25NO3/c1-6-9-15(10-7-2)13(16)12-11(8-3)17-14(4,5)18-12/h8,11-12H,3,6-7,9-10H2,1-2,4-5H3/t11-,12-/m1/s1. The first-order chi connectivity index (χ1) is 8.45. The van der Waals surface area contributed by atoms with Crippen LogP contribution >= 0.6 is 0 Å². The number of hydrogen-bond donors (Lipinski definition) is 0. The Labute approximate surface area is 110 Å². The van der Waals surface area contributed by atoms with E-state index in [1.54, 1.807) is 6.08 Å². The summed E-state index contributed by atoms with van der Waals surface area (Å²) in [4.78, 5) is 14.3. The fraction of sp³-hybridized carbons (Fsp3) is 0.786. The summed E-state index contributed by atoms with van der Waals surface area (Å²) in [5, 5.41) is 0. The lowest BCUT2D eigenvalue weighted by Crippen LogP contribution is -2.44. The van der Waals surface area contributed by atoms with E-state index in [-0.39, 0.29) is 12.0 Å². The first-order valence-corrected chi connectivity index (χ1v) is 6.72. The minimum absolute atomic E-state index is 0.00850. The first-order valence-electron chi connectivity index (χ1n) is 6.72. The summed E-state index contributed by atoms with van der Waals surface area (Å²) in [7, 11) is 0. The van der Waals surface area contributed by atoms with Gasteiger partial charge in [-0.05, 0) is 26.7 Å². The topological polar surface area (TPSA) is 38.8 Å². The van der Waals surface area contributed by atoms with Crippen LogP contribution in [0.5, 0.6) is 0 Å². The van der Waals surface area contributed by atoms with E-state index in [4.69, 9.17) is 9.47 Å². The van der Waals surface area contributed by atoms with Gasteiger partial charge >= 0.3 is 0 Å². The predicted octanol–water partition coefficient (Wildman–Crippen LogP) is 2.34. The Morgan fingerprint density at radius 1 is 1.28 bits per heavy atom. The highest BCUT2D eigenvalue weighted by Crippen LogP contribution is 2.29. The average Bonchev–Trinajstić information content (AvgIpc) is 2.63. The van der Waals surface area contributed by atoms with Crippen molar-refractivity contribution in [1.29, 1.82) is 0 Å². The van der Waals surface area contributed by atoms with E-state index in [0.717, 1.165) is 25.9 Å². The van der Waals surface area contributed by atoms with Crippen molar-refractivity contribution in [3.05, 3.63) is 12.7 Å². The van der Waals surface area contributed by atoms with Gasteiger partial charge in [-0.3, -0.25) is 4.79 Å². The zero-order chi connectivity index (χ0) is 13.8. The largest absolute Gasteiger partial charge is 0.340 e. The quantitative estimate of drug-likeness (QED) is 0.684. The Morgan fingerprint density at radius 2 is 1.83 bits per heavy atom. The fourth-order valence-corrected chi connectivity index (χ4v) is 2.20. The van der Waals surface area contributed by atoms with Crippen LogP contribution in [0.4, 0.5) is 0 Å². The third-order valence-corrected chi connectivity index (χ3v) is 2.90. The van der Waals surface area contributed by atoms with Crippen LogP contribution in [0.15, 0.2) is 12.7 Å². The van der Waals surface area contributed by atoms with Crippen LogP contribution in [0.2, 0.25) is 0 Å². The molecule has 0 unspecified atom stereocenters. The molecular weight excluding hydrogens is 230 g/mol. The molecule has 1 saturated heterocycles. The molecule has 1 heterocycles. The SMILES string of the molecule is C=C[C@H]1OC(C)(C)O[C@H]1C(=O)N(CCC)CCC. The third kappa shape index (κ3) is 3.56. The lowest BCUT2D eigenvalue weighted by atomic mass is 10.1. The molecule has 0 spiro atoms. The molecule has 0 saturated carbocycles. The number of amides is 1. The normalized spacial score (nSPS) is 26.0. The second-order valence-electron chi connectivity index (χ2n) is 5.08. The monoisotopic (exact) mass is 255 g/mol. The Hall–Kier alpha value is -0.870. The molecule has 4 heteroatoms. The summed E-state index contributed by atoms with van der Waals surface area (Å²) in [5.41, 5.74) is 0. The van der Waals surface area contributed by atoms with Crippen LogP contribution in [-0.2, 0) is 14.3 Å². The zero-order valence-corrected chi connectivity index (χ0v) is 11.9. The molecule has 0 aromatic carbocycles. The van der Waals surface area contributed by atoms with Crippen molar-refractivity contribution in [2.75, 3.05) is 13.1 Å². The molecule has 2 atom stereocenters. The molecule has 0 N–H and O–H groups in total. The molecule has 1 aliphatic rings. The van der Waals surface area contributed by atoms with Crippen LogP contribution in [0.1, 0.15) is 40.5 Å². The Balaban J connectivity index is 2.77. The highest BCUT2D eigenvalue weighted by molar-refractivity contribution is 5.82. The Bertz CT molecular complexity index is 295. The van der Waals surface area contributed by atoms with Crippen LogP contribution < -0.4 is 0 Å². The third-order valence-electron chi connectivity index (χ3n) is 2.90. The van der Waals surface area contributed by atoms with Gasteiger partial charge in [-0.15, -0.1) is 6.58 Å². The number of carbonyl (C=O) groups is 1. The van der Waals surface area contributed by atoms with Crippen molar-refractivity contribution >= 4 is 5.91 Å². The van der Waals surface area contributed by atoms with E-state index in [2.05, 4.69) is 20.4 Å². The van der Waals surface area contributed by atoms with Gasteiger partial charge in [0.15, 0.2) is 11.9 Å². The maximum atomic E-state index is 12.5. The molecule has 1 aliphatic heterocycles. The van der Waals surface area contributed by atoms with E-state index in [1.807, 2.05) is 18.7 Å². The van der Waals surface area contributed by atoms with Gasteiger partial charge in [-0.25, -0.2) is 0 Å². The van der Waals surface area contributed by atoms with Gasteiger partial charge in [0.05, 0.1) is 0 Å². The van der Waals surface area contributed by atoms with Crippen molar-refractivity contribution in [3.63, 3.8) is 0 Å². The molecule has 0 radical (unpaired) electrons. The van der Waals surface area contributed by atoms with E-state index in [1.165, 1.54) is 0 Å². The van der Waals surface area contributed by atoms with Crippen molar-refractivity contribution in [1.82, 2.24) is 4.90 Å². The van der Waals surface area contributed by atoms with Crippen LogP contribution in [-0.4, -0.2) is 41.9 Å². The van der Waals surface area contributed by atoms with E-state index in [9.17, 15) is 4.79 Å². The van der Waals surface area contributed by atoms with Gasteiger partial charge in [0.1, 0.15) is 6.10 Å². The molecule has 1 fully saturated rings. The Morgan fingerprint density at radius 3 is 2.28 bits per heavy atom. The minimum atomic E-state index is -0.719. The molecule has 1 rings (SSSR count). The van der Waals surface area contributed by atoms with Gasteiger partial charge in [-0.1, -0.05) is 19.9 Å². The van der Waals surface area contributed by atoms with Crippen molar-refractivity contribution in [2.24, 2.45) is 0 Å². The molecular formula is C14H25NO3. The summed E-state index contributed by atoms with van der Waals surface area (Å²) in [5.74, 6) is -0.710. The predicted molar refractivity (Wildman–Crippen MR) is 71.2 cm³/mol. The average molecular weight is 255 g/mol. The number of ether oxygens (including phenoxy) is 2. The number of rotatable bonds is 6. The van der Waals surface area contributed by atoms with Crippen LogP contribution in [0.3, 0.4) is 0 Å². The van der Waals surface area contributed by atoms with Crippen molar-refractivity contribution < 1.29 is 14.3 Å². The smallest absolute Gasteiger partial charge is 0.254 e. The molecule has 18 heavy (non-hydrogen) atoms. The number of hydrogen-bond acceptors (Lipinski definition) is 3. The first kappa shape index (κ1) is 15.2. The molecule has 104 valence electrons. The van der Waals surface area contributed by atoms with E-state index < -0.39 is 11.9 Å². The van der Waals surface area contributed by atoms with E-state index >= 15 is 0 Å². The number of carbonyl (C=O) groups excluding carboxylic acids is 1. The highest BCUT2D eigenvalue weighted by atomic mass is 16.8. The number of nitrogens with zero attached hydrogens (tertiary/aromatic N) is 1. The molecule has 0 aromatic heterocycles. The highest BCUT2D eigenvalue weighted by Gasteiger charge is 2.44. The second kappa shape index (κ2) is 6.34. The van der Waals surface area contributed by atoms with Gasteiger partial charge in [0.2, 0.25) is 0 Å². The van der Waals surface area contributed by atoms with Crippen molar-refractivity contribution in [2.45, 2.75) is 58.5 Å². The zero-order valence-electron chi connectivity index (χ0n) is 11.9. The van der Waals surface area contributed by atoms with Gasteiger partial charge in [0, 0.05) is 13.1 Å². The van der Waals surface area contributed by atoms with Crippen LogP contribution in [0, 0.1) is 0 Å². The summed E-state index contributed by atoms with van der Waals surface area (Å²) < 4.78 is 11.4. The molecule has 0 aliphatic carbocycles. The van der Waals surface area contributed by atoms with Gasteiger partial charge < -0.3 is 14.4 Å². The second-order valence-corrected chi connectivity index (χ2v) is 5.08. The summed E-state index contributed by atoms with van der Waals surface area (Å²) in [6, 6.07) is 0. The lowest BCUT2D eigenvalue weighted by molar-refractivity contribution is -0.161. The summed E-state index contributed by atoms with van der Waals surface area (Å²) in [6.45, 7) is 13.0. The molecule has 0 bridgehead atoms. The van der Waals surface area contributed by atoms with Crippen molar-refractivity contribution in [3.8, 4) is 0 Å². The van der Waals surface area contributed by atoms with Crippen LogP contribution in [0.25, 0.3) is 0 Å². The molecule has 4 nitrogen and oxygen atoms in total. The summed E-state index contributed by atoms with van der Waals surface area (Å²) >= 11 is 0. The Kier molecular flexibility index (Phi) is 5.35. The van der Waals surface area contributed by atoms with Gasteiger partial charge in [-0.2, -0.15) is 0 Å². The molecule has 0 aromatic rings. The maximum absolute atomic E-state index is 12.5. The minimum Gasteiger partial charge on any atom is -0.340 e. The van der Waals surface area contributed by atoms with E-state index in [0.29, 0.717) is 0 Å². The van der Waals surface area contributed by atoms with Gasteiger partial charge in [0.25, 0.3) is 5.91 Å². The lowest BCUT2D eigenvalue weighted by Gasteiger charge is -2.25. The fourth-order valence-electron chi connectivity index (χ4n) is 2.20.